The summed E-state index contributed by atoms with van der Waals surface area (Å²) in [6.07, 6.45) is 1.62. The molecule has 0 spiro atoms. The molecule has 3 nitrogen and oxygen atoms in total. The number of aryl methyl sites for hydroxylation is 2. The van der Waals surface area contributed by atoms with Crippen LogP contribution >= 0.6 is 11.6 Å². The molecule has 4 heteroatoms. The molecule has 0 aliphatic rings. The first-order valence-electron chi connectivity index (χ1n) is 6.14. The summed E-state index contributed by atoms with van der Waals surface area (Å²) in [5, 5.41) is 3.71. The van der Waals surface area contributed by atoms with Crippen molar-refractivity contribution in [2.45, 2.75) is 20.4 Å². The van der Waals surface area contributed by atoms with E-state index in [1.807, 2.05) is 39.1 Å². The molecule has 0 saturated heterocycles. The number of nitrogens with zero attached hydrogens (tertiary/aromatic N) is 1. The van der Waals surface area contributed by atoms with Gasteiger partial charge in [0.2, 0.25) is 5.88 Å². The molecular formula is C15H17ClN2O. The largest absolute Gasteiger partial charge is 0.439 e. The molecule has 0 aliphatic heterocycles. The summed E-state index contributed by atoms with van der Waals surface area (Å²) in [4.78, 5) is 4.21. The first kappa shape index (κ1) is 13.8. The third kappa shape index (κ3) is 3.46. The molecule has 100 valence electrons. The summed E-state index contributed by atoms with van der Waals surface area (Å²) in [5.74, 6) is 1.38. The van der Waals surface area contributed by atoms with Crippen LogP contribution in [0.25, 0.3) is 0 Å². The van der Waals surface area contributed by atoms with E-state index in [1.165, 1.54) is 0 Å². The van der Waals surface area contributed by atoms with Crippen molar-refractivity contribution in [2.24, 2.45) is 0 Å². The van der Waals surface area contributed by atoms with Crippen molar-refractivity contribution in [3.63, 3.8) is 0 Å². The van der Waals surface area contributed by atoms with Crippen LogP contribution < -0.4 is 10.1 Å². The van der Waals surface area contributed by atoms with Crippen LogP contribution in [0.15, 0.2) is 30.5 Å². The van der Waals surface area contributed by atoms with Crippen molar-refractivity contribution in [3.05, 3.63) is 52.2 Å². The number of ether oxygens (including phenoxy) is 1. The van der Waals surface area contributed by atoms with E-state index < -0.39 is 0 Å². The van der Waals surface area contributed by atoms with E-state index >= 15 is 0 Å². The molecule has 2 rings (SSSR count). The van der Waals surface area contributed by atoms with Crippen LogP contribution in [0.1, 0.15) is 16.7 Å². The number of aromatic nitrogens is 1. The van der Waals surface area contributed by atoms with Gasteiger partial charge in [0.05, 0.1) is 5.02 Å². The molecule has 0 unspecified atom stereocenters. The Balaban J connectivity index is 2.28. The molecule has 1 N–H and O–H groups in total. The van der Waals surface area contributed by atoms with E-state index in [0.717, 1.165) is 22.4 Å². The highest BCUT2D eigenvalue weighted by molar-refractivity contribution is 6.31. The minimum Gasteiger partial charge on any atom is -0.439 e. The Hall–Kier alpha value is -1.58. The lowest BCUT2D eigenvalue weighted by Crippen LogP contribution is -2.06. The van der Waals surface area contributed by atoms with Crippen molar-refractivity contribution in [2.75, 3.05) is 7.05 Å². The Morgan fingerprint density at radius 1 is 1.26 bits per heavy atom. The maximum atomic E-state index is 6.08. The monoisotopic (exact) mass is 276 g/mol. The average molecular weight is 277 g/mol. The van der Waals surface area contributed by atoms with E-state index in [0.29, 0.717) is 17.4 Å². The van der Waals surface area contributed by atoms with Gasteiger partial charge in [-0.05, 0) is 43.7 Å². The quantitative estimate of drug-likeness (QED) is 0.921. The zero-order valence-electron chi connectivity index (χ0n) is 11.3. The summed E-state index contributed by atoms with van der Waals surface area (Å²) in [7, 11) is 1.88. The molecule has 19 heavy (non-hydrogen) atoms. The second kappa shape index (κ2) is 6.04. The lowest BCUT2D eigenvalue weighted by atomic mass is 10.1. The maximum Gasteiger partial charge on any atom is 0.219 e. The minimum atomic E-state index is 0.559. The Labute approximate surface area is 118 Å². The summed E-state index contributed by atoms with van der Waals surface area (Å²) in [6.45, 7) is 4.73. The third-order valence-corrected chi connectivity index (χ3v) is 3.18. The fourth-order valence-electron chi connectivity index (χ4n) is 1.77. The number of halogens is 1. The van der Waals surface area contributed by atoms with Gasteiger partial charge in [0.1, 0.15) is 5.75 Å². The van der Waals surface area contributed by atoms with Crippen molar-refractivity contribution >= 4 is 11.6 Å². The molecule has 1 heterocycles. The SMILES string of the molecule is CNCc1cc(Oc2cc(C)ccc2C)ncc1Cl. The molecular weight excluding hydrogens is 260 g/mol. The maximum absolute atomic E-state index is 6.08. The number of benzene rings is 1. The van der Waals surface area contributed by atoms with Crippen molar-refractivity contribution < 1.29 is 4.74 Å². The van der Waals surface area contributed by atoms with Crippen LogP contribution in [0.2, 0.25) is 5.02 Å². The van der Waals surface area contributed by atoms with E-state index in [9.17, 15) is 0 Å². The van der Waals surface area contributed by atoms with Gasteiger partial charge in [-0.15, -0.1) is 0 Å². The van der Waals surface area contributed by atoms with Crippen molar-refractivity contribution in [3.8, 4) is 11.6 Å². The Kier molecular flexibility index (Phi) is 4.40. The molecule has 0 amide bonds. The number of hydrogen-bond donors (Lipinski definition) is 1. The normalized spacial score (nSPS) is 10.5. The second-order valence-electron chi connectivity index (χ2n) is 4.52. The highest BCUT2D eigenvalue weighted by atomic mass is 35.5. The van der Waals surface area contributed by atoms with Gasteiger partial charge in [-0.3, -0.25) is 0 Å². The molecule has 2 aromatic rings. The molecule has 0 aliphatic carbocycles. The minimum absolute atomic E-state index is 0.559. The van der Waals surface area contributed by atoms with Gasteiger partial charge in [-0.1, -0.05) is 23.7 Å². The Bertz CT molecular complexity index is 584. The lowest BCUT2D eigenvalue weighted by molar-refractivity contribution is 0.458. The molecule has 0 saturated carbocycles. The molecule has 0 radical (unpaired) electrons. The van der Waals surface area contributed by atoms with Crippen molar-refractivity contribution in [1.82, 2.24) is 10.3 Å². The third-order valence-electron chi connectivity index (χ3n) is 2.84. The van der Waals surface area contributed by atoms with E-state index in [2.05, 4.69) is 16.4 Å². The van der Waals surface area contributed by atoms with Crippen LogP contribution in [-0.2, 0) is 6.54 Å². The predicted octanol–water partition coefficient (Wildman–Crippen LogP) is 3.86. The van der Waals surface area contributed by atoms with Crippen LogP contribution in [0, 0.1) is 13.8 Å². The number of nitrogens with one attached hydrogen (secondary N) is 1. The van der Waals surface area contributed by atoms with Crippen LogP contribution in [0.3, 0.4) is 0 Å². The Morgan fingerprint density at radius 2 is 2.05 bits per heavy atom. The molecule has 0 atom stereocenters. The summed E-state index contributed by atoms with van der Waals surface area (Å²) < 4.78 is 5.83. The van der Waals surface area contributed by atoms with E-state index in [4.69, 9.17) is 16.3 Å². The zero-order valence-corrected chi connectivity index (χ0v) is 12.1. The average Bonchev–Trinajstić information content (AvgIpc) is 2.38. The van der Waals surface area contributed by atoms with Crippen LogP contribution in [0.5, 0.6) is 11.6 Å². The summed E-state index contributed by atoms with van der Waals surface area (Å²) in [5.41, 5.74) is 3.21. The highest BCUT2D eigenvalue weighted by Gasteiger charge is 2.06. The number of rotatable bonds is 4. The topological polar surface area (TPSA) is 34.1 Å². The molecule has 1 aromatic heterocycles. The van der Waals surface area contributed by atoms with Gasteiger partial charge in [0.15, 0.2) is 0 Å². The highest BCUT2D eigenvalue weighted by Crippen LogP contribution is 2.27. The fourth-order valence-corrected chi connectivity index (χ4v) is 1.94. The van der Waals surface area contributed by atoms with Gasteiger partial charge >= 0.3 is 0 Å². The summed E-state index contributed by atoms with van der Waals surface area (Å²) >= 11 is 6.08. The Morgan fingerprint density at radius 3 is 2.79 bits per heavy atom. The number of pyridine rings is 1. The van der Waals surface area contributed by atoms with Gasteiger partial charge in [-0.25, -0.2) is 4.98 Å². The fraction of sp³-hybridized carbons (Fsp3) is 0.267. The first-order valence-corrected chi connectivity index (χ1v) is 6.52. The summed E-state index contributed by atoms with van der Waals surface area (Å²) in [6, 6.07) is 7.96. The second-order valence-corrected chi connectivity index (χ2v) is 4.92. The molecule has 1 aromatic carbocycles. The van der Waals surface area contributed by atoms with Gasteiger partial charge in [0, 0.05) is 18.8 Å². The first-order chi connectivity index (χ1) is 9.10. The molecule has 0 bridgehead atoms. The van der Waals surface area contributed by atoms with Gasteiger partial charge in [-0.2, -0.15) is 0 Å². The van der Waals surface area contributed by atoms with E-state index in [-0.39, 0.29) is 0 Å². The van der Waals surface area contributed by atoms with Crippen LogP contribution in [-0.4, -0.2) is 12.0 Å². The molecule has 0 fully saturated rings. The number of hydrogen-bond acceptors (Lipinski definition) is 3. The van der Waals surface area contributed by atoms with Crippen LogP contribution in [0.4, 0.5) is 0 Å². The zero-order chi connectivity index (χ0) is 13.8. The van der Waals surface area contributed by atoms with Gasteiger partial charge < -0.3 is 10.1 Å². The van der Waals surface area contributed by atoms with E-state index in [1.54, 1.807) is 6.20 Å². The lowest BCUT2D eigenvalue weighted by Gasteiger charge is -2.10. The predicted molar refractivity (Wildman–Crippen MR) is 78.0 cm³/mol. The van der Waals surface area contributed by atoms with Gasteiger partial charge in [0.25, 0.3) is 0 Å². The smallest absolute Gasteiger partial charge is 0.219 e. The van der Waals surface area contributed by atoms with Crippen molar-refractivity contribution in [1.29, 1.82) is 0 Å². The standard InChI is InChI=1S/C15H17ClN2O/c1-10-4-5-11(2)14(6-10)19-15-7-12(8-17-3)13(16)9-18-15/h4-7,9,17H,8H2,1-3H3.